The molecule has 78 valence electrons. The van der Waals surface area contributed by atoms with Crippen LogP contribution in [0.4, 0.5) is 13.2 Å². The Hall–Kier alpha value is -1.66. The van der Waals surface area contributed by atoms with E-state index in [2.05, 4.69) is 4.74 Å². The van der Waals surface area contributed by atoms with Gasteiger partial charge >= 0.3 is 12.1 Å². The maximum absolute atomic E-state index is 12.3. The van der Waals surface area contributed by atoms with Gasteiger partial charge < -0.3 is 10.6 Å². The minimum absolute atomic E-state index is 0.578. The lowest BCUT2D eigenvalue weighted by Crippen LogP contribution is -2.20. The highest BCUT2D eigenvalue weighted by molar-refractivity contribution is 5.89. The van der Waals surface area contributed by atoms with Crippen LogP contribution < -0.4 is 5.84 Å². The molecule has 2 N–H and O–H groups in total. The first-order chi connectivity index (χ1) is 6.38. The molecule has 0 amide bonds. The smallest absolute Gasteiger partial charge is 0.418 e. The average Bonchev–Trinajstić information content (AvgIpc) is 2.45. The third kappa shape index (κ3) is 1.66. The van der Waals surface area contributed by atoms with Crippen molar-refractivity contribution >= 4 is 5.97 Å². The number of nitrogen functional groups attached to an aromatic ring is 1. The number of aromatic nitrogens is 1. The van der Waals surface area contributed by atoms with E-state index in [-0.39, 0.29) is 0 Å². The molecule has 1 aromatic heterocycles. The Labute approximate surface area is 77.0 Å². The second-order valence-corrected chi connectivity index (χ2v) is 2.47. The van der Waals surface area contributed by atoms with E-state index in [1.807, 2.05) is 0 Å². The molecule has 0 bridgehead atoms. The number of carbonyl (C=O) groups excluding carboxylic acids is 1. The summed E-state index contributed by atoms with van der Waals surface area (Å²) in [4.78, 5) is 10.9. The first kappa shape index (κ1) is 10.4. The van der Waals surface area contributed by atoms with Crippen LogP contribution in [0.5, 0.6) is 0 Å². The summed E-state index contributed by atoms with van der Waals surface area (Å²) in [6, 6.07) is 0.715. The van der Waals surface area contributed by atoms with Gasteiger partial charge in [0.1, 0.15) is 0 Å². The van der Waals surface area contributed by atoms with Crippen LogP contribution >= 0.6 is 0 Å². The fourth-order valence-corrected chi connectivity index (χ4v) is 0.988. The third-order valence-corrected chi connectivity index (χ3v) is 1.60. The second-order valence-electron chi connectivity index (χ2n) is 2.47. The zero-order chi connectivity index (χ0) is 10.9. The summed E-state index contributed by atoms with van der Waals surface area (Å²) in [5, 5.41) is 0. The normalized spacial score (nSPS) is 11.4. The summed E-state index contributed by atoms with van der Waals surface area (Å²) in [6.07, 6.45) is -3.68. The Bertz CT molecular complexity index is 356. The highest BCUT2D eigenvalue weighted by Gasteiger charge is 2.37. The summed E-state index contributed by atoms with van der Waals surface area (Å²) < 4.78 is 41.6. The van der Waals surface area contributed by atoms with Gasteiger partial charge in [-0.25, -0.2) is 4.79 Å². The van der Waals surface area contributed by atoms with E-state index < -0.39 is 23.4 Å². The van der Waals surface area contributed by atoms with Gasteiger partial charge in [0.25, 0.3) is 0 Å². The summed E-state index contributed by atoms with van der Waals surface area (Å²) in [7, 11) is 0.982. The number of rotatable bonds is 1. The number of methoxy groups -OCH3 is 1. The molecule has 0 saturated heterocycles. The topological polar surface area (TPSA) is 57.2 Å². The predicted molar refractivity (Wildman–Crippen MR) is 40.9 cm³/mol. The van der Waals surface area contributed by atoms with Crippen LogP contribution in [-0.2, 0) is 10.9 Å². The molecular formula is C7H7F3N2O2. The molecule has 0 fully saturated rings. The number of hydrogen-bond acceptors (Lipinski definition) is 3. The first-order valence-corrected chi connectivity index (χ1v) is 3.50. The van der Waals surface area contributed by atoms with Crippen LogP contribution in [-0.4, -0.2) is 17.8 Å². The number of carbonyl (C=O) groups is 1. The summed E-state index contributed by atoms with van der Waals surface area (Å²) in [5.74, 6) is 4.01. The van der Waals surface area contributed by atoms with Crippen LogP contribution in [0.2, 0.25) is 0 Å². The largest absolute Gasteiger partial charge is 0.464 e. The van der Waals surface area contributed by atoms with E-state index in [1.165, 1.54) is 0 Å². The van der Waals surface area contributed by atoms with Crippen LogP contribution in [0, 0.1) is 0 Å². The minimum atomic E-state index is -4.62. The fourth-order valence-electron chi connectivity index (χ4n) is 0.988. The standard InChI is InChI=1S/C7H7F3N2O2/c1-14-6(13)5-4(7(8,9)10)2-3-12(5)11/h2-3H,11H2,1H3. The van der Waals surface area contributed by atoms with Gasteiger partial charge in [-0.15, -0.1) is 0 Å². The van der Waals surface area contributed by atoms with E-state index in [9.17, 15) is 18.0 Å². The lowest BCUT2D eigenvalue weighted by Gasteiger charge is -2.07. The third-order valence-electron chi connectivity index (χ3n) is 1.60. The predicted octanol–water partition coefficient (Wildman–Crippen LogP) is 1.01. The molecule has 1 heterocycles. The Morgan fingerprint density at radius 2 is 2.14 bits per heavy atom. The van der Waals surface area contributed by atoms with Gasteiger partial charge in [-0.1, -0.05) is 0 Å². The number of hydrogen-bond donors (Lipinski definition) is 1. The van der Waals surface area contributed by atoms with Crippen LogP contribution in [0.25, 0.3) is 0 Å². The number of halogens is 3. The minimum Gasteiger partial charge on any atom is -0.464 e. The molecule has 0 aliphatic rings. The molecule has 1 rings (SSSR count). The van der Waals surface area contributed by atoms with E-state index >= 15 is 0 Å². The van der Waals surface area contributed by atoms with Crippen molar-refractivity contribution in [3.8, 4) is 0 Å². The lowest BCUT2D eigenvalue weighted by molar-refractivity contribution is -0.138. The van der Waals surface area contributed by atoms with Crippen LogP contribution in [0.3, 0.4) is 0 Å². The van der Waals surface area contributed by atoms with E-state index in [1.54, 1.807) is 0 Å². The quantitative estimate of drug-likeness (QED) is 0.553. The van der Waals surface area contributed by atoms with Crippen molar-refractivity contribution in [1.29, 1.82) is 0 Å². The monoisotopic (exact) mass is 208 g/mol. The molecule has 7 heteroatoms. The second kappa shape index (κ2) is 3.24. The fraction of sp³-hybridized carbons (Fsp3) is 0.286. The highest BCUT2D eigenvalue weighted by Crippen LogP contribution is 2.32. The highest BCUT2D eigenvalue weighted by atomic mass is 19.4. The Morgan fingerprint density at radius 1 is 1.57 bits per heavy atom. The van der Waals surface area contributed by atoms with Gasteiger partial charge in [-0.05, 0) is 6.07 Å². The summed E-state index contributed by atoms with van der Waals surface area (Å²) in [6.45, 7) is 0. The van der Waals surface area contributed by atoms with Gasteiger partial charge in [0.2, 0.25) is 0 Å². The molecule has 0 aliphatic carbocycles. The van der Waals surface area contributed by atoms with Crippen LogP contribution in [0.15, 0.2) is 12.3 Å². The Balaban J connectivity index is 3.26. The van der Waals surface area contributed by atoms with Crippen LogP contribution in [0.1, 0.15) is 16.1 Å². The van der Waals surface area contributed by atoms with Crippen molar-refractivity contribution in [2.45, 2.75) is 6.18 Å². The zero-order valence-corrected chi connectivity index (χ0v) is 7.13. The van der Waals surface area contributed by atoms with Crippen molar-refractivity contribution in [3.63, 3.8) is 0 Å². The zero-order valence-electron chi connectivity index (χ0n) is 7.13. The maximum atomic E-state index is 12.3. The van der Waals surface area contributed by atoms with Gasteiger partial charge in [0.15, 0.2) is 5.69 Å². The molecular weight excluding hydrogens is 201 g/mol. The average molecular weight is 208 g/mol. The van der Waals surface area contributed by atoms with Crippen molar-refractivity contribution in [2.75, 3.05) is 13.0 Å². The number of nitrogens with two attached hydrogens (primary N) is 1. The SMILES string of the molecule is COC(=O)c1c(C(F)(F)F)ccn1N. The van der Waals surface area contributed by atoms with Gasteiger partial charge in [0, 0.05) is 6.20 Å². The van der Waals surface area contributed by atoms with Crippen molar-refractivity contribution in [3.05, 3.63) is 23.5 Å². The van der Waals surface area contributed by atoms with E-state index in [4.69, 9.17) is 5.84 Å². The molecule has 0 unspecified atom stereocenters. The van der Waals surface area contributed by atoms with Crippen molar-refractivity contribution < 1.29 is 22.7 Å². The van der Waals surface area contributed by atoms with Crippen molar-refractivity contribution in [1.82, 2.24) is 4.68 Å². The van der Waals surface area contributed by atoms with Gasteiger partial charge in [-0.2, -0.15) is 13.2 Å². The maximum Gasteiger partial charge on any atom is 0.418 e. The first-order valence-electron chi connectivity index (χ1n) is 3.50. The number of ether oxygens (including phenoxy) is 1. The summed E-state index contributed by atoms with van der Waals surface area (Å²) >= 11 is 0. The molecule has 4 nitrogen and oxygen atoms in total. The molecule has 0 radical (unpaired) electrons. The molecule has 0 aromatic carbocycles. The summed E-state index contributed by atoms with van der Waals surface area (Å²) in [5.41, 5.74) is -1.81. The molecule has 0 spiro atoms. The number of nitrogens with zero attached hydrogens (tertiary/aromatic N) is 1. The van der Waals surface area contributed by atoms with Crippen molar-refractivity contribution in [2.24, 2.45) is 0 Å². The number of esters is 1. The Kier molecular flexibility index (Phi) is 2.41. The molecule has 0 atom stereocenters. The van der Waals surface area contributed by atoms with Gasteiger partial charge in [-0.3, -0.25) is 4.68 Å². The van der Waals surface area contributed by atoms with E-state index in [0.29, 0.717) is 10.7 Å². The molecule has 0 saturated carbocycles. The van der Waals surface area contributed by atoms with Gasteiger partial charge in [0.05, 0.1) is 12.7 Å². The lowest BCUT2D eigenvalue weighted by atomic mass is 10.2. The van der Waals surface area contributed by atoms with E-state index in [0.717, 1.165) is 13.3 Å². The molecule has 14 heavy (non-hydrogen) atoms. The Morgan fingerprint density at radius 3 is 2.57 bits per heavy atom. The molecule has 0 aliphatic heterocycles. The number of alkyl halides is 3. The molecule has 1 aromatic rings.